The second-order valence-electron chi connectivity index (χ2n) is 7.11. The lowest BCUT2D eigenvalue weighted by Gasteiger charge is -2.14. The molecule has 0 aliphatic heterocycles. The van der Waals surface area contributed by atoms with Crippen molar-refractivity contribution in [3.05, 3.63) is 82.9 Å². The molecule has 0 spiro atoms. The van der Waals surface area contributed by atoms with Crippen molar-refractivity contribution in [3.8, 4) is 23.0 Å². The summed E-state index contributed by atoms with van der Waals surface area (Å²) in [6.07, 6.45) is -2.39. The van der Waals surface area contributed by atoms with Crippen LogP contribution in [0.25, 0.3) is 0 Å². The van der Waals surface area contributed by atoms with Gasteiger partial charge < -0.3 is 19.3 Å². The molecule has 0 aliphatic rings. The van der Waals surface area contributed by atoms with Crippen LogP contribution >= 0.6 is 11.6 Å². The molecular weight excluding hydrogens is 454 g/mol. The molecule has 33 heavy (non-hydrogen) atoms. The second kappa shape index (κ2) is 12.1. The Morgan fingerprint density at radius 3 is 2.39 bits per heavy atom. The lowest BCUT2D eigenvalue weighted by molar-refractivity contribution is -0.136. The summed E-state index contributed by atoms with van der Waals surface area (Å²) < 4.78 is 43.9. The minimum Gasteiger partial charge on any atom is -0.493 e. The Balaban J connectivity index is 1.52. The first-order chi connectivity index (χ1) is 15.9. The van der Waals surface area contributed by atoms with Gasteiger partial charge in [0, 0.05) is 29.5 Å². The van der Waals surface area contributed by atoms with Crippen molar-refractivity contribution in [2.45, 2.75) is 25.7 Å². The van der Waals surface area contributed by atoms with E-state index < -0.39 is 12.4 Å². The number of hydrogen-bond donors (Lipinski definition) is 1. The van der Waals surface area contributed by atoms with E-state index in [-0.39, 0.29) is 25.0 Å². The van der Waals surface area contributed by atoms with Crippen LogP contribution in [0.3, 0.4) is 0 Å². The molecule has 0 aliphatic carbocycles. The van der Waals surface area contributed by atoms with Crippen LogP contribution in [0, 0.1) is 0 Å². The standard InChI is InChI=1S/C25H23ClF2O5/c26-18-9-11-22(23(15-18)33-19-5-2-1-3-6-19)32-14-4-13-31-20-10-7-17(8-12-24(29)30)21(16-20)25(27)28/h1-3,5-7,9-11,15-16,25H,4,8,12-14H2,(H,29,30). The highest BCUT2D eigenvalue weighted by atomic mass is 35.5. The fraction of sp³-hybridized carbons (Fsp3) is 0.240. The largest absolute Gasteiger partial charge is 0.493 e. The predicted molar refractivity (Wildman–Crippen MR) is 121 cm³/mol. The highest BCUT2D eigenvalue weighted by Gasteiger charge is 2.15. The molecule has 174 valence electrons. The number of benzene rings is 3. The zero-order valence-corrected chi connectivity index (χ0v) is 18.4. The van der Waals surface area contributed by atoms with Crippen LogP contribution in [0.15, 0.2) is 66.7 Å². The lowest BCUT2D eigenvalue weighted by atomic mass is 10.0. The number of halogens is 3. The summed E-state index contributed by atoms with van der Waals surface area (Å²) in [6.45, 7) is 0.560. The van der Waals surface area contributed by atoms with E-state index in [1.54, 1.807) is 24.3 Å². The quantitative estimate of drug-likeness (QED) is 0.287. The van der Waals surface area contributed by atoms with Gasteiger partial charge in [-0.2, -0.15) is 0 Å². The van der Waals surface area contributed by atoms with Crippen molar-refractivity contribution in [2.75, 3.05) is 13.2 Å². The molecule has 0 fully saturated rings. The third kappa shape index (κ3) is 7.64. The van der Waals surface area contributed by atoms with Crippen molar-refractivity contribution in [1.82, 2.24) is 0 Å². The van der Waals surface area contributed by atoms with Gasteiger partial charge in [-0.15, -0.1) is 0 Å². The molecule has 8 heteroatoms. The van der Waals surface area contributed by atoms with Crippen LogP contribution in [0.5, 0.6) is 23.0 Å². The molecule has 3 aromatic carbocycles. The van der Waals surface area contributed by atoms with Gasteiger partial charge in [0.1, 0.15) is 11.5 Å². The predicted octanol–water partition coefficient (Wildman–Crippen LogP) is 6.94. The third-order valence-electron chi connectivity index (χ3n) is 4.65. The van der Waals surface area contributed by atoms with E-state index in [0.717, 1.165) is 0 Å². The summed E-state index contributed by atoms with van der Waals surface area (Å²) in [7, 11) is 0. The Morgan fingerprint density at radius 1 is 0.909 bits per heavy atom. The molecule has 0 heterocycles. The van der Waals surface area contributed by atoms with E-state index in [4.69, 9.17) is 30.9 Å². The minimum absolute atomic E-state index is 0.0393. The summed E-state index contributed by atoms with van der Waals surface area (Å²) in [5.41, 5.74) is 0.0886. The van der Waals surface area contributed by atoms with Gasteiger partial charge in [0.05, 0.1) is 13.2 Å². The molecule has 0 amide bonds. The molecule has 0 atom stereocenters. The maximum absolute atomic E-state index is 13.3. The molecule has 3 rings (SSSR count). The van der Waals surface area contributed by atoms with Crippen molar-refractivity contribution >= 4 is 17.6 Å². The lowest BCUT2D eigenvalue weighted by Crippen LogP contribution is -2.06. The average Bonchev–Trinajstić information content (AvgIpc) is 2.79. The molecule has 0 aromatic heterocycles. The fourth-order valence-electron chi connectivity index (χ4n) is 3.06. The molecule has 0 saturated heterocycles. The summed E-state index contributed by atoms with van der Waals surface area (Å²) >= 11 is 6.08. The molecule has 3 aromatic rings. The topological polar surface area (TPSA) is 65.0 Å². The van der Waals surface area contributed by atoms with Gasteiger partial charge in [0.2, 0.25) is 0 Å². The first-order valence-corrected chi connectivity index (χ1v) is 10.7. The van der Waals surface area contributed by atoms with Gasteiger partial charge >= 0.3 is 5.97 Å². The van der Waals surface area contributed by atoms with Crippen molar-refractivity contribution in [1.29, 1.82) is 0 Å². The summed E-state index contributed by atoms with van der Waals surface area (Å²) in [4.78, 5) is 10.7. The zero-order valence-electron chi connectivity index (χ0n) is 17.7. The maximum Gasteiger partial charge on any atom is 0.303 e. The van der Waals surface area contributed by atoms with Crippen molar-refractivity contribution in [2.24, 2.45) is 0 Å². The van der Waals surface area contributed by atoms with Gasteiger partial charge in [0.25, 0.3) is 6.43 Å². The van der Waals surface area contributed by atoms with Crippen LogP contribution in [-0.2, 0) is 11.2 Å². The number of carboxylic acids is 1. The summed E-state index contributed by atoms with van der Waals surface area (Å²) in [5.74, 6) is 0.909. The zero-order chi connectivity index (χ0) is 23.6. The van der Waals surface area contributed by atoms with E-state index in [0.29, 0.717) is 46.6 Å². The van der Waals surface area contributed by atoms with E-state index in [1.165, 1.54) is 12.1 Å². The molecule has 0 saturated carbocycles. The smallest absolute Gasteiger partial charge is 0.303 e. The number of aliphatic carboxylic acids is 1. The number of ether oxygens (including phenoxy) is 3. The first kappa shape index (κ1) is 24.3. The van der Waals surface area contributed by atoms with Crippen LogP contribution in [0.4, 0.5) is 8.78 Å². The molecular formula is C25H23ClF2O5. The van der Waals surface area contributed by atoms with E-state index in [9.17, 15) is 13.6 Å². The fourth-order valence-corrected chi connectivity index (χ4v) is 3.22. The number of para-hydroxylation sites is 1. The minimum atomic E-state index is -2.71. The first-order valence-electron chi connectivity index (χ1n) is 10.3. The van der Waals surface area contributed by atoms with Gasteiger partial charge in [-0.25, -0.2) is 8.78 Å². The number of alkyl halides is 2. The highest BCUT2D eigenvalue weighted by Crippen LogP contribution is 2.34. The van der Waals surface area contributed by atoms with Crippen LogP contribution < -0.4 is 14.2 Å². The molecule has 0 unspecified atom stereocenters. The summed E-state index contributed by atoms with van der Waals surface area (Å²) in [6, 6.07) is 18.6. The number of rotatable bonds is 12. The number of carbonyl (C=O) groups is 1. The Hall–Kier alpha value is -3.32. The van der Waals surface area contributed by atoms with Crippen LogP contribution in [0.1, 0.15) is 30.4 Å². The van der Waals surface area contributed by atoms with Crippen molar-refractivity contribution < 1.29 is 32.9 Å². The van der Waals surface area contributed by atoms with Gasteiger partial charge in [-0.1, -0.05) is 35.9 Å². The molecule has 5 nitrogen and oxygen atoms in total. The summed E-state index contributed by atoms with van der Waals surface area (Å²) in [5, 5.41) is 9.29. The number of hydrogen-bond acceptors (Lipinski definition) is 4. The Labute approximate surface area is 195 Å². The number of aryl methyl sites for hydroxylation is 1. The van der Waals surface area contributed by atoms with Gasteiger partial charge in [-0.3, -0.25) is 4.79 Å². The SMILES string of the molecule is O=C(O)CCc1ccc(OCCCOc2ccc(Cl)cc2Oc2ccccc2)cc1C(F)F. The normalized spacial score (nSPS) is 10.8. The highest BCUT2D eigenvalue weighted by molar-refractivity contribution is 6.30. The van der Waals surface area contributed by atoms with Crippen LogP contribution in [0.2, 0.25) is 5.02 Å². The average molecular weight is 477 g/mol. The molecule has 0 bridgehead atoms. The Kier molecular flexibility index (Phi) is 8.89. The van der Waals surface area contributed by atoms with E-state index in [1.807, 2.05) is 30.3 Å². The monoisotopic (exact) mass is 476 g/mol. The van der Waals surface area contributed by atoms with Crippen LogP contribution in [-0.4, -0.2) is 24.3 Å². The molecule has 1 N–H and O–H groups in total. The molecule has 0 radical (unpaired) electrons. The Morgan fingerprint density at radius 2 is 1.67 bits per heavy atom. The van der Waals surface area contributed by atoms with E-state index in [2.05, 4.69) is 0 Å². The Bertz CT molecular complexity index is 1060. The van der Waals surface area contributed by atoms with Crippen molar-refractivity contribution in [3.63, 3.8) is 0 Å². The van der Waals surface area contributed by atoms with Gasteiger partial charge in [-0.05, 0) is 48.4 Å². The second-order valence-corrected chi connectivity index (χ2v) is 7.55. The van der Waals surface area contributed by atoms with Gasteiger partial charge in [0.15, 0.2) is 11.5 Å². The van der Waals surface area contributed by atoms with E-state index >= 15 is 0 Å². The number of carboxylic acid groups (broad SMARTS) is 1. The third-order valence-corrected chi connectivity index (χ3v) is 4.89. The maximum atomic E-state index is 13.3.